The second-order valence-corrected chi connectivity index (χ2v) is 11.9. The monoisotopic (exact) mass is 611 g/mol. The third-order valence-electron chi connectivity index (χ3n) is 8.45. The molecule has 2 aliphatic rings. The highest BCUT2D eigenvalue weighted by Gasteiger charge is 2.43. The number of rotatable bonds is 6. The molecule has 5 amide bonds. The first-order valence-corrected chi connectivity index (χ1v) is 15.1. The number of fused-ring (bicyclic) bond motifs is 1. The molecule has 0 radical (unpaired) electrons. The van der Waals surface area contributed by atoms with E-state index < -0.39 is 84.9 Å². The zero-order valence-corrected chi connectivity index (χ0v) is 26.4. The van der Waals surface area contributed by atoms with E-state index in [0.29, 0.717) is 19.3 Å². The van der Waals surface area contributed by atoms with Gasteiger partial charge in [0.1, 0.15) is 24.2 Å². The summed E-state index contributed by atoms with van der Waals surface area (Å²) in [6.07, 6.45) is -2.21. The van der Waals surface area contributed by atoms with E-state index in [4.69, 9.17) is 4.74 Å². The molecule has 0 saturated carbocycles. The van der Waals surface area contributed by atoms with Crippen molar-refractivity contribution in [1.29, 1.82) is 0 Å². The van der Waals surface area contributed by atoms with Gasteiger partial charge >= 0.3 is 5.97 Å². The Morgan fingerprint density at radius 1 is 0.977 bits per heavy atom. The van der Waals surface area contributed by atoms with E-state index in [-0.39, 0.29) is 31.3 Å². The van der Waals surface area contributed by atoms with Gasteiger partial charge in [-0.15, -0.1) is 0 Å². The van der Waals surface area contributed by atoms with Crippen LogP contribution >= 0.6 is 0 Å². The standard InChI is InChI=1S/C29H49N5O9/c1-8-17(4)23-28(41)33(7)24(16(2)3)29(42)32(6)18(5)25(38)30-12-11-22(37)43-21(14-19(36)15-35)27(40)34-13-9-10-20(34)26(39)31-23/h16-21,23-24,35-36H,8-15H2,1-7H3,(H,30,38)(H,31,39)/t17-,18-,19-,20-,21-,23-,24+/m0/s1. The van der Waals surface area contributed by atoms with Crippen LogP contribution in [0.5, 0.6) is 0 Å². The quantitative estimate of drug-likeness (QED) is 0.274. The molecule has 2 saturated heterocycles. The largest absolute Gasteiger partial charge is 0.452 e. The van der Waals surface area contributed by atoms with Gasteiger partial charge < -0.3 is 40.3 Å². The summed E-state index contributed by atoms with van der Waals surface area (Å²) in [6, 6.07) is -3.84. The van der Waals surface area contributed by atoms with Crippen molar-refractivity contribution in [3.8, 4) is 0 Å². The number of carbonyl (C=O) groups is 6. The Morgan fingerprint density at radius 2 is 1.63 bits per heavy atom. The van der Waals surface area contributed by atoms with Crippen LogP contribution in [0.25, 0.3) is 0 Å². The highest BCUT2D eigenvalue weighted by molar-refractivity contribution is 5.96. The zero-order chi connectivity index (χ0) is 32.6. The maximum atomic E-state index is 13.9. The molecule has 244 valence electrons. The molecule has 4 N–H and O–H groups in total. The summed E-state index contributed by atoms with van der Waals surface area (Å²) in [5, 5.41) is 24.8. The van der Waals surface area contributed by atoms with Crippen LogP contribution in [0.2, 0.25) is 0 Å². The van der Waals surface area contributed by atoms with Crippen molar-refractivity contribution in [2.24, 2.45) is 11.8 Å². The normalized spacial score (nSPS) is 28.9. The Morgan fingerprint density at radius 3 is 2.21 bits per heavy atom. The van der Waals surface area contributed by atoms with Gasteiger partial charge in [0.25, 0.3) is 5.91 Å². The first-order valence-electron chi connectivity index (χ1n) is 15.1. The number of cyclic esters (lactones) is 1. The van der Waals surface area contributed by atoms with Gasteiger partial charge in [-0.2, -0.15) is 0 Å². The van der Waals surface area contributed by atoms with Crippen LogP contribution in [0, 0.1) is 11.8 Å². The zero-order valence-electron chi connectivity index (χ0n) is 26.4. The topological polar surface area (TPSA) is 186 Å². The molecule has 0 spiro atoms. The Kier molecular flexibility index (Phi) is 13.4. The lowest BCUT2D eigenvalue weighted by molar-refractivity contribution is -0.163. The summed E-state index contributed by atoms with van der Waals surface area (Å²) < 4.78 is 5.38. The number of aliphatic hydroxyl groups is 2. The van der Waals surface area contributed by atoms with Gasteiger partial charge in [0, 0.05) is 33.6 Å². The summed E-state index contributed by atoms with van der Waals surface area (Å²) in [5.74, 6) is -4.22. The lowest BCUT2D eigenvalue weighted by Crippen LogP contribution is -2.60. The van der Waals surface area contributed by atoms with Crippen molar-refractivity contribution in [3.05, 3.63) is 0 Å². The van der Waals surface area contributed by atoms with E-state index in [0.717, 1.165) is 0 Å². The number of ether oxygens (including phenoxy) is 1. The second kappa shape index (κ2) is 16.0. The average molecular weight is 612 g/mol. The molecule has 0 aromatic rings. The maximum absolute atomic E-state index is 13.9. The van der Waals surface area contributed by atoms with E-state index in [2.05, 4.69) is 10.6 Å². The van der Waals surface area contributed by atoms with Gasteiger partial charge in [-0.25, -0.2) is 0 Å². The number of aliphatic hydroxyl groups excluding tert-OH is 2. The average Bonchev–Trinajstić information content (AvgIpc) is 3.46. The van der Waals surface area contributed by atoms with Crippen molar-refractivity contribution in [1.82, 2.24) is 25.3 Å². The fourth-order valence-corrected chi connectivity index (χ4v) is 5.42. The Hall–Kier alpha value is -3.26. The van der Waals surface area contributed by atoms with Gasteiger partial charge in [0.15, 0.2) is 6.10 Å². The third kappa shape index (κ3) is 8.88. The van der Waals surface area contributed by atoms with Gasteiger partial charge in [-0.1, -0.05) is 34.1 Å². The molecule has 0 bridgehead atoms. The summed E-state index contributed by atoms with van der Waals surface area (Å²) in [4.78, 5) is 84.1. The number of hydrogen-bond donors (Lipinski definition) is 4. The summed E-state index contributed by atoms with van der Waals surface area (Å²) in [6.45, 7) is 8.14. The van der Waals surface area contributed by atoms with Gasteiger partial charge in [-0.05, 0) is 31.6 Å². The molecular weight excluding hydrogens is 562 g/mol. The maximum Gasteiger partial charge on any atom is 0.308 e. The number of likely N-dealkylation sites (N-methyl/N-ethyl adjacent to an activating group) is 2. The molecule has 43 heavy (non-hydrogen) atoms. The van der Waals surface area contributed by atoms with Gasteiger partial charge in [0.2, 0.25) is 23.6 Å². The molecule has 0 aliphatic carbocycles. The number of nitrogens with zero attached hydrogens (tertiary/aromatic N) is 3. The minimum Gasteiger partial charge on any atom is -0.452 e. The molecule has 2 aliphatic heterocycles. The number of hydrogen-bond acceptors (Lipinski definition) is 9. The molecular formula is C29H49N5O9. The predicted molar refractivity (Wildman–Crippen MR) is 155 cm³/mol. The highest BCUT2D eigenvalue weighted by Crippen LogP contribution is 2.23. The van der Waals surface area contributed by atoms with Crippen LogP contribution in [0.3, 0.4) is 0 Å². The molecule has 2 heterocycles. The minimum atomic E-state index is -1.48. The van der Waals surface area contributed by atoms with Crippen LogP contribution in [-0.4, -0.2) is 131 Å². The summed E-state index contributed by atoms with van der Waals surface area (Å²) in [7, 11) is 2.96. The van der Waals surface area contributed by atoms with Crippen LogP contribution in [-0.2, 0) is 33.5 Å². The number of carbonyl (C=O) groups excluding carboxylic acids is 6. The molecule has 7 atom stereocenters. The summed E-state index contributed by atoms with van der Waals surface area (Å²) >= 11 is 0. The summed E-state index contributed by atoms with van der Waals surface area (Å²) in [5.41, 5.74) is 0. The molecule has 14 heteroatoms. The van der Waals surface area contributed by atoms with E-state index in [1.54, 1.807) is 20.8 Å². The fraction of sp³-hybridized carbons (Fsp3) is 0.793. The fourth-order valence-electron chi connectivity index (χ4n) is 5.42. The van der Waals surface area contributed by atoms with Crippen molar-refractivity contribution in [3.63, 3.8) is 0 Å². The van der Waals surface area contributed by atoms with Gasteiger partial charge in [0.05, 0.1) is 19.1 Å². The van der Waals surface area contributed by atoms with Crippen molar-refractivity contribution in [2.45, 2.75) is 103 Å². The molecule has 0 aromatic heterocycles. The smallest absolute Gasteiger partial charge is 0.308 e. The van der Waals surface area contributed by atoms with E-state index in [1.807, 2.05) is 6.92 Å². The van der Waals surface area contributed by atoms with Gasteiger partial charge in [-0.3, -0.25) is 28.8 Å². The molecule has 14 nitrogen and oxygen atoms in total. The third-order valence-corrected chi connectivity index (χ3v) is 8.45. The predicted octanol–water partition coefficient (Wildman–Crippen LogP) is -0.987. The van der Waals surface area contributed by atoms with E-state index >= 15 is 0 Å². The number of amides is 5. The molecule has 0 unspecified atom stereocenters. The van der Waals surface area contributed by atoms with Crippen molar-refractivity contribution < 1.29 is 43.7 Å². The first-order chi connectivity index (χ1) is 20.2. The minimum absolute atomic E-state index is 0.148. The lowest BCUT2D eigenvalue weighted by atomic mass is 9.94. The van der Waals surface area contributed by atoms with Crippen LogP contribution in [0.4, 0.5) is 0 Å². The second-order valence-electron chi connectivity index (χ2n) is 11.9. The number of nitrogens with one attached hydrogen (secondary N) is 2. The molecule has 0 aromatic carbocycles. The Labute approximate surface area is 253 Å². The Balaban J connectivity index is 2.54. The van der Waals surface area contributed by atoms with Crippen LogP contribution in [0.15, 0.2) is 0 Å². The van der Waals surface area contributed by atoms with Crippen molar-refractivity contribution in [2.75, 3.05) is 33.8 Å². The number of esters is 1. The van der Waals surface area contributed by atoms with Crippen LogP contribution < -0.4 is 10.6 Å². The van der Waals surface area contributed by atoms with E-state index in [1.165, 1.54) is 35.7 Å². The van der Waals surface area contributed by atoms with Crippen LogP contribution in [0.1, 0.15) is 66.7 Å². The highest BCUT2D eigenvalue weighted by atomic mass is 16.5. The SMILES string of the molecule is CC[C@H](C)[C@@H]1NC(=O)[C@@H]2CCCN2C(=O)[C@H](C[C@H](O)CO)OC(=O)CCNC(=O)[C@H](C)N(C)C(=O)[C@@H](C(C)C)N(C)C1=O. The molecule has 2 rings (SSSR count). The molecule has 2 fully saturated rings. The van der Waals surface area contributed by atoms with E-state index in [9.17, 15) is 39.0 Å². The lowest BCUT2D eigenvalue weighted by Gasteiger charge is -2.38. The van der Waals surface area contributed by atoms with Crippen molar-refractivity contribution >= 4 is 35.5 Å². The Bertz CT molecular complexity index is 1040. The first kappa shape index (κ1) is 35.9.